The third-order valence-corrected chi connectivity index (χ3v) is 10.9. The predicted octanol–water partition coefficient (Wildman–Crippen LogP) is 4.32. The maximum Gasteiger partial charge on any atom is 0.471 e. The van der Waals surface area contributed by atoms with Crippen LogP contribution in [0.15, 0.2) is 78.9 Å². The average molecular weight is 736 g/mol. The monoisotopic (exact) mass is 735 g/mol. The molecule has 0 bridgehead atoms. The second-order valence-electron chi connectivity index (χ2n) is 14.2. The van der Waals surface area contributed by atoms with Gasteiger partial charge in [-0.15, -0.1) is 0 Å². The van der Waals surface area contributed by atoms with E-state index in [1.807, 2.05) is 66.7 Å². The number of likely N-dealkylation sites (tertiary alicyclic amines) is 2. The molecule has 4 aliphatic rings. The Morgan fingerprint density at radius 3 is 2.26 bits per heavy atom. The smallest absolute Gasteiger partial charge is 0.392 e. The van der Waals surface area contributed by atoms with Crippen LogP contribution in [-0.4, -0.2) is 89.3 Å². The summed E-state index contributed by atoms with van der Waals surface area (Å²) in [5, 5.41) is 15.3. The molecule has 4 heterocycles. The van der Waals surface area contributed by atoms with Crippen molar-refractivity contribution in [3.63, 3.8) is 0 Å². The van der Waals surface area contributed by atoms with Crippen molar-refractivity contribution in [2.45, 2.75) is 81.5 Å². The molecule has 4 saturated heterocycles. The number of hydrogen-bond donors (Lipinski definition) is 3. The topological polar surface area (TPSA) is 124 Å². The standard InChI is InChI=1S/C39H44F3N5O6/c40-39(41,42)37(51)46-18-4-7-32(46)34(49)43-22-26-8-14-29(15-9-26)35-52-31(21-33(53-35)28-12-10-27(24-48)11-13-28)23-45-19-16-38(17-20-45)36(50)44-25-47(38)30-5-2-1-3-6-30/h1-3,5-6,8-15,31-33,35,48H,4,7,16-25H2,(H,43,49)(H,44,50). The van der Waals surface area contributed by atoms with Gasteiger partial charge in [0.05, 0.1) is 25.5 Å². The molecular weight excluding hydrogens is 691 g/mol. The number of aliphatic hydroxyl groups excluding tert-OH is 1. The summed E-state index contributed by atoms with van der Waals surface area (Å²) in [7, 11) is 0. The fourth-order valence-electron chi connectivity index (χ4n) is 8.00. The average Bonchev–Trinajstić information content (AvgIpc) is 3.79. The number of nitrogens with zero attached hydrogens (tertiary/aromatic N) is 3. The molecule has 0 saturated carbocycles. The molecule has 53 heavy (non-hydrogen) atoms. The number of aliphatic hydroxyl groups is 1. The van der Waals surface area contributed by atoms with Gasteiger partial charge in [0.15, 0.2) is 6.29 Å². The number of hydrogen-bond acceptors (Lipinski definition) is 8. The van der Waals surface area contributed by atoms with Crippen LogP contribution in [0, 0.1) is 0 Å². The zero-order valence-electron chi connectivity index (χ0n) is 29.3. The van der Waals surface area contributed by atoms with Crippen LogP contribution in [0.4, 0.5) is 18.9 Å². The Hall–Kier alpha value is -4.50. The number of nitrogens with one attached hydrogen (secondary N) is 2. The number of ether oxygens (including phenoxy) is 2. The summed E-state index contributed by atoms with van der Waals surface area (Å²) in [6, 6.07) is 23.8. The van der Waals surface area contributed by atoms with E-state index in [1.54, 1.807) is 12.1 Å². The lowest BCUT2D eigenvalue weighted by atomic mass is 9.85. The Morgan fingerprint density at radius 2 is 1.58 bits per heavy atom. The highest BCUT2D eigenvalue weighted by atomic mass is 19.4. The highest BCUT2D eigenvalue weighted by Gasteiger charge is 2.51. The first kappa shape index (κ1) is 36.8. The van der Waals surface area contributed by atoms with Crippen molar-refractivity contribution < 1.29 is 42.1 Å². The lowest BCUT2D eigenvalue weighted by Crippen LogP contribution is -2.57. The third-order valence-electron chi connectivity index (χ3n) is 10.9. The molecule has 0 aliphatic carbocycles. The minimum Gasteiger partial charge on any atom is -0.392 e. The summed E-state index contributed by atoms with van der Waals surface area (Å²) in [5.41, 5.74) is 3.68. The summed E-state index contributed by atoms with van der Waals surface area (Å²) in [4.78, 5) is 43.0. The van der Waals surface area contributed by atoms with E-state index in [0.29, 0.717) is 43.8 Å². The van der Waals surface area contributed by atoms with Gasteiger partial charge < -0.3 is 39.9 Å². The number of para-hydroxylation sites is 1. The molecule has 3 N–H and O–H groups in total. The van der Waals surface area contributed by atoms with Gasteiger partial charge in [-0.05, 0) is 54.5 Å². The molecule has 4 fully saturated rings. The largest absolute Gasteiger partial charge is 0.471 e. The maximum atomic E-state index is 13.2. The first-order valence-corrected chi connectivity index (χ1v) is 18.1. The first-order valence-electron chi connectivity index (χ1n) is 18.1. The molecule has 282 valence electrons. The van der Waals surface area contributed by atoms with Crippen molar-refractivity contribution in [1.29, 1.82) is 0 Å². The highest BCUT2D eigenvalue weighted by Crippen LogP contribution is 2.40. The van der Waals surface area contributed by atoms with E-state index in [4.69, 9.17) is 9.47 Å². The minimum absolute atomic E-state index is 0.0618. The fraction of sp³-hybridized carbons (Fsp3) is 0.462. The zero-order chi connectivity index (χ0) is 37.2. The minimum atomic E-state index is -5.03. The van der Waals surface area contributed by atoms with Crippen LogP contribution in [0.25, 0.3) is 0 Å². The summed E-state index contributed by atoms with van der Waals surface area (Å²) >= 11 is 0. The summed E-state index contributed by atoms with van der Waals surface area (Å²) in [5.74, 6) is -2.55. The van der Waals surface area contributed by atoms with Crippen molar-refractivity contribution in [2.24, 2.45) is 0 Å². The van der Waals surface area contributed by atoms with Gasteiger partial charge in [-0.3, -0.25) is 14.4 Å². The van der Waals surface area contributed by atoms with E-state index >= 15 is 0 Å². The second-order valence-corrected chi connectivity index (χ2v) is 14.2. The Kier molecular flexibility index (Phi) is 10.7. The van der Waals surface area contributed by atoms with Gasteiger partial charge in [-0.1, -0.05) is 66.7 Å². The van der Waals surface area contributed by atoms with Crippen LogP contribution in [0.3, 0.4) is 0 Å². The van der Waals surface area contributed by atoms with E-state index in [9.17, 15) is 32.7 Å². The SMILES string of the molecule is O=C(NCc1ccc(C2OC(CN3CCC4(CC3)C(=O)NCN4c3ccccc3)CC(c3ccc(CO)cc3)O2)cc1)C1CCCN1C(=O)C(F)(F)F. The van der Waals surface area contributed by atoms with Gasteiger partial charge in [-0.2, -0.15) is 13.2 Å². The number of amides is 3. The molecule has 3 aromatic carbocycles. The Labute approximate surface area is 306 Å². The van der Waals surface area contributed by atoms with E-state index in [0.717, 1.165) is 41.0 Å². The molecule has 3 amide bonds. The van der Waals surface area contributed by atoms with Crippen molar-refractivity contribution in [3.05, 3.63) is 101 Å². The van der Waals surface area contributed by atoms with Crippen LogP contribution in [-0.2, 0) is 37.0 Å². The molecule has 4 atom stereocenters. The third kappa shape index (κ3) is 7.91. The number of piperidine rings is 1. The zero-order valence-corrected chi connectivity index (χ0v) is 29.3. The van der Waals surface area contributed by atoms with Crippen LogP contribution in [0.1, 0.15) is 66.8 Å². The van der Waals surface area contributed by atoms with Gasteiger partial charge in [0.1, 0.15) is 11.6 Å². The van der Waals surface area contributed by atoms with Crippen LogP contribution >= 0.6 is 0 Å². The molecule has 4 aliphatic heterocycles. The first-order chi connectivity index (χ1) is 25.5. The molecule has 3 aromatic rings. The van der Waals surface area contributed by atoms with Gasteiger partial charge in [0, 0.05) is 50.4 Å². The summed E-state index contributed by atoms with van der Waals surface area (Å²) in [6.07, 6.45) is -3.75. The summed E-state index contributed by atoms with van der Waals surface area (Å²) in [6.45, 7) is 2.48. The number of carbonyl (C=O) groups excluding carboxylic acids is 3. The Bertz CT molecular complexity index is 1750. The van der Waals surface area contributed by atoms with Crippen LogP contribution in [0.5, 0.6) is 0 Å². The van der Waals surface area contributed by atoms with Crippen molar-refractivity contribution >= 4 is 23.4 Å². The molecule has 7 rings (SSSR count). The lowest BCUT2D eigenvalue weighted by molar-refractivity contribution is -0.253. The van der Waals surface area contributed by atoms with Crippen LogP contribution in [0.2, 0.25) is 0 Å². The molecule has 0 radical (unpaired) electrons. The molecule has 1 spiro atoms. The lowest BCUT2D eigenvalue weighted by Gasteiger charge is -2.45. The Morgan fingerprint density at radius 1 is 0.906 bits per heavy atom. The number of alkyl halides is 3. The number of benzene rings is 3. The normalized spacial score (nSPS) is 24.7. The molecular formula is C39H44F3N5O6. The quantitative estimate of drug-likeness (QED) is 0.297. The van der Waals surface area contributed by atoms with Gasteiger partial charge in [0.2, 0.25) is 11.8 Å². The van der Waals surface area contributed by atoms with Crippen molar-refractivity contribution in [1.82, 2.24) is 20.4 Å². The van der Waals surface area contributed by atoms with Crippen molar-refractivity contribution in [3.8, 4) is 0 Å². The predicted molar refractivity (Wildman–Crippen MR) is 188 cm³/mol. The Balaban J connectivity index is 1.01. The van der Waals surface area contributed by atoms with Gasteiger partial charge in [0.25, 0.3) is 0 Å². The molecule has 0 aromatic heterocycles. The maximum absolute atomic E-state index is 13.2. The number of carbonyl (C=O) groups is 3. The number of halogens is 3. The number of rotatable bonds is 9. The van der Waals surface area contributed by atoms with E-state index in [1.165, 1.54) is 0 Å². The molecule has 11 nitrogen and oxygen atoms in total. The fourth-order valence-corrected chi connectivity index (χ4v) is 8.00. The van der Waals surface area contributed by atoms with E-state index in [-0.39, 0.29) is 44.2 Å². The summed E-state index contributed by atoms with van der Waals surface area (Å²) < 4.78 is 52.2. The molecule has 14 heteroatoms. The van der Waals surface area contributed by atoms with Crippen LogP contribution < -0.4 is 15.5 Å². The van der Waals surface area contributed by atoms with E-state index in [2.05, 4.69) is 20.4 Å². The van der Waals surface area contributed by atoms with Crippen molar-refractivity contribution in [2.75, 3.05) is 37.7 Å². The highest BCUT2D eigenvalue weighted by molar-refractivity contribution is 5.93. The van der Waals surface area contributed by atoms with Gasteiger partial charge >= 0.3 is 12.1 Å². The molecule has 4 unspecified atom stereocenters. The number of anilines is 1. The second kappa shape index (κ2) is 15.5. The van der Waals surface area contributed by atoms with Gasteiger partial charge in [-0.25, -0.2) is 0 Å². The van der Waals surface area contributed by atoms with E-state index < -0.39 is 35.9 Å².